The first-order valence-electron chi connectivity index (χ1n) is 6.77. The quantitative estimate of drug-likeness (QED) is 0.794. The van der Waals surface area contributed by atoms with Crippen molar-refractivity contribution in [2.45, 2.75) is 33.3 Å². The van der Waals surface area contributed by atoms with Gasteiger partial charge in [0.1, 0.15) is 5.75 Å². The van der Waals surface area contributed by atoms with E-state index in [1.807, 2.05) is 20.8 Å². The maximum atomic E-state index is 11.9. The number of benzene rings is 1. The molecule has 0 saturated heterocycles. The molecule has 0 bridgehead atoms. The molecule has 106 valence electrons. The molecule has 0 aromatic heterocycles. The number of nitrogens with one attached hydrogen (secondary N) is 1. The number of amides is 1. The summed E-state index contributed by atoms with van der Waals surface area (Å²) in [6.07, 6.45) is 0.386. The highest BCUT2D eigenvalue weighted by Crippen LogP contribution is 2.12. The van der Waals surface area contributed by atoms with E-state index in [2.05, 4.69) is 5.32 Å². The molecule has 19 heavy (non-hydrogen) atoms. The van der Waals surface area contributed by atoms with E-state index in [0.29, 0.717) is 12.2 Å². The first-order chi connectivity index (χ1) is 9.08. The minimum atomic E-state index is -0.503. The molecule has 0 aliphatic rings. The van der Waals surface area contributed by atoms with E-state index in [4.69, 9.17) is 4.74 Å². The lowest BCUT2D eigenvalue weighted by Crippen LogP contribution is -2.35. The number of rotatable bonds is 7. The van der Waals surface area contributed by atoms with Crippen LogP contribution >= 0.6 is 0 Å². The van der Waals surface area contributed by atoms with Crippen molar-refractivity contribution in [3.63, 3.8) is 0 Å². The van der Waals surface area contributed by atoms with Crippen LogP contribution in [0.25, 0.3) is 0 Å². The van der Waals surface area contributed by atoms with Crippen molar-refractivity contribution >= 4 is 5.91 Å². The molecule has 1 aromatic carbocycles. The van der Waals surface area contributed by atoms with Crippen LogP contribution in [0, 0.1) is 5.92 Å². The first-order valence-corrected chi connectivity index (χ1v) is 6.77. The van der Waals surface area contributed by atoms with Crippen LogP contribution in [0.1, 0.15) is 37.6 Å². The molecule has 0 spiro atoms. The summed E-state index contributed by atoms with van der Waals surface area (Å²) >= 11 is 0. The Morgan fingerprint density at radius 3 is 2.47 bits per heavy atom. The van der Waals surface area contributed by atoms with Crippen molar-refractivity contribution in [1.29, 1.82) is 0 Å². The van der Waals surface area contributed by atoms with E-state index in [9.17, 15) is 9.90 Å². The molecule has 0 radical (unpaired) electrons. The molecule has 1 rings (SSSR count). The van der Waals surface area contributed by atoms with E-state index in [0.717, 1.165) is 12.2 Å². The Morgan fingerprint density at radius 2 is 1.95 bits per heavy atom. The fraction of sp³-hybridized carbons (Fsp3) is 0.533. The number of ether oxygens (including phenoxy) is 1. The molecule has 2 N–H and O–H groups in total. The highest BCUT2D eigenvalue weighted by atomic mass is 16.5. The van der Waals surface area contributed by atoms with Gasteiger partial charge >= 0.3 is 0 Å². The summed E-state index contributed by atoms with van der Waals surface area (Å²) in [5.74, 6) is 0.754. The van der Waals surface area contributed by atoms with Gasteiger partial charge in [-0.05, 0) is 37.1 Å². The second-order valence-electron chi connectivity index (χ2n) is 4.62. The number of aliphatic hydroxyl groups excluding tert-OH is 1. The maximum absolute atomic E-state index is 11.9. The highest BCUT2D eigenvalue weighted by Gasteiger charge is 2.14. The Balaban J connectivity index is 2.49. The fourth-order valence-corrected chi connectivity index (χ4v) is 1.64. The fourth-order valence-electron chi connectivity index (χ4n) is 1.64. The third-order valence-electron chi connectivity index (χ3n) is 3.20. The van der Waals surface area contributed by atoms with Gasteiger partial charge in [-0.3, -0.25) is 4.79 Å². The van der Waals surface area contributed by atoms with Crippen LogP contribution < -0.4 is 10.1 Å². The van der Waals surface area contributed by atoms with Crippen LogP contribution in [-0.4, -0.2) is 30.3 Å². The van der Waals surface area contributed by atoms with Gasteiger partial charge in [0.2, 0.25) is 0 Å². The Kier molecular flexibility index (Phi) is 6.36. The Morgan fingerprint density at radius 1 is 1.32 bits per heavy atom. The molecular formula is C15H23NO3. The second-order valence-corrected chi connectivity index (χ2v) is 4.62. The van der Waals surface area contributed by atoms with Crippen molar-refractivity contribution in [1.82, 2.24) is 5.32 Å². The number of aliphatic hydroxyl groups is 1. The molecule has 1 amide bonds. The smallest absolute Gasteiger partial charge is 0.251 e. The maximum Gasteiger partial charge on any atom is 0.251 e. The second kappa shape index (κ2) is 7.79. The van der Waals surface area contributed by atoms with Crippen LogP contribution in [0.2, 0.25) is 0 Å². The van der Waals surface area contributed by atoms with Crippen molar-refractivity contribution in [2.24, 2.45) is 5.92 Å². The minimum absolute atomic E-state index is 0.176. The molecular weight excluding hydrogens is 242 g/mol. The van der Waals surface area contributed by atoms with Gasteiger partial charge in [0, 0.05) is 12.1 Å². The lowest BCUT2D eigenvalue weighted by Gasteiger charge is -2.17. The Bertz CT molecular complexity index is 389. The average molecular weight is 265 g/mol. The normalized spacial score (nSPS) is 13.7. The lowest BCUT2D eigenvalue weighted by atomic mass is 10.0. The third-order valence-corrected chi connectivity index (χ3v) is 3.20. The lowest BCUT2D eigenvalue weighted by molar-refractivity contribution is 0.0850. The SMILES string of the molecule is CCOc1ccc(C(=O)NCC(O)C(C)CC)cc1. The zero-order chi connectivity index (χ0) is 14.3. The summed E-state index contributed by atoms with van der Waals surface area (Å²) in [5, 5.41) is 12.5. The first kappa shape index (κ1) is 15.5. The molecule has 0 aliphatic heterocycles. The molecule has 4 heteroatoms. The standard InChI is InChI=1S/C15H23NO3/c1-4-11(3)14(17)10-16-15(18)12-6-8-13(9-7-12)19-5-2/h6-9,11,14,17H,4-5,10H2,1-3H3,(H,16,18). The van der Waals surface area contributed by atoms with Crippen LogP contribution in [0.15, 0.2) is 24.3 Å². The van der Waals surface area contributed by atoms with E-state index in [1.54, 1.807) is 24.3 Å². The van der Waals surface area contributed by atoms with Crippen LogP contribution in [0.4, 0.5) is 0 Å². The van der Waals surface area contributed by atoms with Crippen molar-refractivity contribution in [2.75, 3.05) is 13.2 Å². The number of hydrogen-bond donors (Lipinski definition) is 2. The molecule has 0 saturated carbocycles. The van der Waals surface area contributed by atoms with E-state index in [-0.39, 0.29) is 18.4 Å². The van der Waals surface area contributed by atoms with E-state index >= 15 is 0 Å². The third kappa shape index (κ3) is 4.91. The van der Waals surface area contributed by atoms with Gasteiger partial charge in [-0.2, -0.15) is 0 Å². The predicted octanol–water partition coefficient (Wildman–Crippen LogP) is 2.22. The van der Waals surface area contributed by atoms with Gasteiger partial charge in [0.25, 0.3) is 5.91 Å². The topological polar surface area (TPSA) is 58.6 Å². The zero-order valence-electron chi connectivity index (χ0n) is 11.8. The van der Waals surface area contributed by atoms with Gasteiger partial charge in [-0.25, -0.2) is 0 Å². The van der Waals surface area contributed by atoms with Crippen molar-refractivity contribution in [3.8, 4) is 5.75 Å². The summed E-state index contributed by atoms with van der Waals surface area (Å²) in [5.41, 5.74) is 0.569. The predicted molar refractivity (Wildman–Crippen MR) is 75.4 cm³/mol. The molecule has 0 fully saturated rings. The number of hydrogen-bond acceptors (Lipinski definition) is 3. The summed E-state index contributed by atoms with van der Waals surface area (Å²) in [6.45, 7) is 6.78. The van der Waals surface area contributed by atoms with Crippen LogP contribution in [-0.2, 0) is 0 Å². The Labute approximate surface area is 114 Å². The van der Waals surface area contributed by atoms with Crippen molar-refractivity contribution in [3.05, 3.63) is 29.8 Å². The summed E-state index contributed by atoms with van der Waals surface area (Å²) in [4.78, 5) is 11.9. The van der Waals surface area contributed by atoms with E-state index in [1.165, 1.54) is 0 Å². The van der Waals surface area contributed by atoms with Gasteiger partial charge in [0.15, 0.2) is 0 Å². The van der Waals surface area contributed by atoms with Gasteiger partial charge < -0.3 is 15.2 Å². The molecule has 0 heterocycles. The number of carbonyl (C=O) groups is 1. The van der Waals surface area contributed by atoms with Gasteiger partial charge in [-0.1, -0.05) is 20.3 Å². The minimum Gasteiger partial charge on any atom is -0.494 e. The van der Waals surface area contributed by atoms with Crippen LogP contribution in [0.3, 0.4) is 0 Å². The number of carbonyl (C=O) groups excluding carboxylic acids is 1. The average Bonchev–Trinajstić information content (AvgIpc) is 2.44. The summed E-state index contributed by atoms with van der Waals surface area (Å²) in [6, 6.07) is 6.97. The zero-order valence-corrected chi connectivity index (χ0v) is 11.8. The van der Waals surface area contributed by atoms with E-state index < -0.39 is 6.10 Å². The molecule has 4 nitrogen and oxygen atoms in total. The summed E-state index contributed by atoms with van der Waals surface area (Å²) in [7, 11) is 0. The highest BCUT2D eigenvalue weighted by molar-refractivity contribution is 5.94. The summed E-state index contributed by atoms with van der Waals surface area (Å²) < 4.78 is 5.31. The van der Waals surface area contributed by atoms with Crippen LogP contribution in [0.5, 0.6) is 5.75 Å². The van der Waals surface area contributed by atoms with Crippen molar-refractivity contribution < 1.29 is 14.6 Å². The molecule has 0 aliphatic carbocycles. The van der Waals surface area contributed by atoms with Gasteiger partial charge in [0.05, 0.1) is 12.7 Å². The largest absolute Gasteiger partial charge is 0.494 e. The molecule has 2 unspecified atom stereocenters. The molecule has 1 aromatic rings. The van der Waals surface area contributed by atoms with Gasteiger partial charge in [-0.15, -0.1) is 0 Å². The Hall–Kier alpha value is -1.55. The monoisotopic (exact) mass is 265 g/mol. The molecule has 2 atom stereocenters.